The molecule has 8 heteroatoms. The number of carbonyl (C=O) groups excluding carboxylic acids is 3. The second-order valence-corrected chi connectivity index (χ2v) is 6.32. The van der Waals surface area contributed by atoms with Crippen LogP contribution in [-0.2, 0) is 20.8 Å². The molecule has 0 aliphatic heterocycles. The predicted molar refractivity (Wildman–Crippen MR) is 103 cm³/mol. The molecule has 0 amide bonds. The molecule has 2 heterocycles. The first-order valence-corrected chi connectivity index (χ1v) is 9.01. The lowest BCUT2D eigenvalue weighted by Crippen LogP contribution is -2.11. The van der Waals surface area contributed by atoms with Crippen molar-refractivity contribution in [3.63, 3.8) is 0 Å². The molecule has 0 aliphatic rings. The van der Waals surface area contributed by atoms with E-state index in [-0.39, 0.29) is 24.7 Å². The SMILES string of the molecule is CCOC(=O)c1oc2ccccc2c1COC(=O)c1[nH]c(C)c(C(=O)OC)c1C. The Hall–Kier alpha value is -3.55. The van der Waals surface area contributed by atoms with E-state index in [1.165, 1.54) is 7.11 Å². The highest BCUT2D eigenvalue weighted by molar-refractivity contribution is 5.99. The van der Waals surface area contributed by atoms with Crippen LogP contribution in [0.15, 0.2) is 28.7 Å². The Morgan fingerprint density at radius 3 is 2.45 bits per heavy atom. The highest BCUT2D eigenvalue weighted by atomic mass is 16.5. The largest absolute Gasteiger partial charge is 0.465 e. The van der Waals surface area contributed by atoms with Gasteiger partial charge >= 0.3 is 17.9 Å². The molecule has 1 aromatic carbocycles. The molecule has 0 aliphatic carbocycles. The van der Waals surface area contributed by atoms with Gasteiger partial charge in [-0.2, -0.15) is 0 Å². The molecule has 29 heavy (non-hydrogen) atoms. The zero-order valence-electron chi connectivity index (χ0n) is 16.6. The van der Waals surface area contributed by atoms with Crippen LogP contribution in [0.2, 0.25) is 0 Å². The molecule has 8 nitrogen and oxygen atoms in total. The van der Waals surface area contributed by atoms with Gasteiger partial charge in [-0.25, -0.2) is 14.4 Å². The quantitative estimate of drug-likeness (QED) is 0.497. The van der Waals surface area contributed by atoms with Gasteiger partial charge in [0.25, 0.3) is 0 Å². The lowest BCUT2D eigenvalue weighted by Gasteiger charge is -2.06. The standard InChI is InChI=1S/C21H21NO7/c1-5-27-21(25)18-14(13-8-6-7-9-15(13)29-18)10-28-20(24)17-11(2)16(12(3)22-17)19(23)26-4/h6-9,22H,5,10H2,1-4H3. The van der Waals surface area contributed by atoms with Crippen molar-refractivity contribution in [3.05, 3.63) is 58.1 Å². The normalized spacial score (nSPS) is 10.8. The van der Waals surface area contributed by atoms with Crippen LogP contribution in [-0.4, -0.2) is 36.6 Å². The Bertz CT molecular complexity index is 1090. The van der Waals surface area contributed by atoms with Crippen molar-refractivity contribution in [2.45, 2.75) is 27.4 Å². The zero-order valence-corrected chi connectivity index (χ0v) is 16.6. The number of para-hydroxylation sites is 1. The third kappa shape index (κ3) is 3.73. The van der Waals surface area contributed by atoms with E-state index in [4.69, 9.17) is 18.6 Å². The van der Waals surface area contributed by atoms with Crippen molar-refractivity contribution in [2.24, 2.45) is 0 Å². The molecule has 0 bridgehead atoms. The molecule has 2 aromatic heterocycles. The number of fused-ring (bicyclic) bond motifs is 1. The number of hydrogen-bond donors (Lipinski definition) is 1. The Labute approximate surface area is 166 Å². The molecule has 0 spiro atoms. The van der Waals surface area contributed by atoms with Gasteiger partial charge < -0.3 is 23.6 Å². The van der Waals surface area contributed by atoms with Crippen LogP contribution >= 0.6 is 0 Å². The van der Waals surface area contributed by atoms with E-state index in [0.29, 0.717) is 33.4 Å². The molecule has 0 saturated carbocycles. The van der Waals surface area contributed by atoms with Gasteiger partial charge in [0.05, 0.1) is 24.8 Å². The molecular weight excluding hydrogens is 378 g/mol. The number of aromatic nitrogens is 1. The number of esters is 3. The molecule has 0 saturated heterocycles. The van der Waals surface area contributed by atoms with Crippen molar-refractivity contribution in [3.8, 4) is 0 Å². The Morgan fingerprint density at radius 1 is 1.03 bits per heavy atom. The predicted octanol–water partition coefficient (Wildman–Crippen LogP) is 3.70. The molecule has 0 fully saturated rings. The fraction of sp³-hybridized carbons (Fsp3) is 0.286. The summed E-state index contributed by atoms with van der Waals surface area (Å²) in [7, 11) is 1.27. The van der Waals surface area contributed by atoms with Crippen LogP contribution in [0.5, 0.6) is 0 Å². The summed E-state index contributed by atoms with van der Waals surface area (Å²) in [5.74, 6) is -1.84. The number of methoxy groups -OCH3 is 1. The van der Waals surface area contributed by atoms with E-state index in [9.17, 15) is 14.4 Å². The maximum Gasteiger partial charge on any atom is 0.374 e. The number of ether oxygens (including phenoxy) is 3. The van der Waals surface area contributed by atoms with E-state index in [0.717, 1.165) is 0 Å². The summed E-state index contributed by atoms with van der Waals surface area (Å²) in [6.07, 6.45) is 0. The maximum atomic E-state index is 12.6. The van der Waals surface area contributed by atoms with Crippen LogP contribution in [0.4, 0.5) is 0 Å². The fourth-order valence-corrected chi connectivity index (χ4v) is 3.18. The van der Waals surface area contributed by atoms with Crippen LogP contribution < -0.4 is 0 Å². The molecule has 152 valence electrons. The highest BCUT2D eigenvalue weighted by Crippen LogP contribution is 2.28. The molecule has 1 N–H and O–H groups in total. The number of rotatable bonds is 6. The number of aryl methyl sites for hydroxylation is 1. The number of aromatic amines is 1. The third-order valence-electron chi connectivity index (χ3n) is 4.54. The van der Waals surface area contributed by atoms with Crippen LogP contribution in [0.25, 0.3) is 11.0 Å². The molecule has 0 unspecified atom stereocenters. The van der Waals surface area contributed by atoms with Gasteiger partial charge in [-0.1, -0.05) is 18.2 Å². The van der Waals surface area contributed by atoms with Gasteiger partial charge in [0.15, 0.2) is 0 Å². The van der Waals surface area contributed by atoms with Crippen molar-refractivity contribution < 1.29 is 33.0 Å². The minimum absolute atomic E-state index is 0.00418. The molecular formula is C21H21NO7. The number of H-pyrrole nitrogens is 1. The summed E-state index contributed by atoms with van der Waals surface area (Å²) in [6.45, 7) is 4.97. The monoisotopic (exact) mass is 399 g/mol. The topological polar surface area (TPSA) is 108 Å². The van der Waals surface area contributed by atoms with Crippen molar-refractivity contribution in [1.82, 2.24) is 4.98 Å². The van der Waals surface area contributed by atoms with Gasteiger partial charge in [-0.15, -0.1) is 0 Å². The number of hydrogen-bond acceptors (Lipinski definition) is 7. The average Bonchev–Trinajstić information content (AvgIpc) is 3.23. The van der Waals surface area contributed by atoms with Gasteiger partial charge in [-0.05, 0) is 32.4 Å². The average molecular weight is 399 g/mol. The number of nitrogens with one attached hydrogen (secondary N) is 1. The Kier molecular flexibility index (Phi) is 5.72. The van der Waals surface area contributed by atoms with Gasteiger partial charge in [0, 0.05) is 11.1 Å². The molecule has 3 rings (SSSR count). The highest BCUT2D eigenvalue weighted by Gasteiger charge is 2.26. The van der Waals surface area contributed by atoms with Gasteiger partial charge in [0.2, 0.25) is 5.76 Å². The summed E-state index contributed by atoms with van der Waals surface area (Å²) in [5.41, 5.74) is 2.28. The lowest BCUT2D eigenvalue weighted by atomic mass is 10.1. The van der Waals surface area contributed by atoms with E-state index in [1.54, 1.807) is 45.0 Å². The van der Waals surface area contributed by atoms with Crippen LogP contribution in [0, 0.1) is 13.8 Å². The first-order valence-electron chi connectivity index (χ1n) is 9.01. The Morgan fingerprint density at radius 2 is 1.76 bits per heavy atom. The van der Waals surface area contributed by atoms with Gasteiger partial charge in [-0.3, -0.25) is 0 Å². The minimum atomic E-state index is -0.666. The second-order valence-electron chi connectivity index (χ2n) is 6.32. The van der Waals surface area contributed by atoms with Crippen LogP contribution in [0.1, 0.15) is 55.1 Å². The first-order chi connectivity index (χ1) is 13.9. The van der Waals surface area contributed by atoms with E-state index in [2.05, 4.69) is 4.98 Å². The summed E-state index contributed by atoms with van der Waals surface area (Å²) in [5, 5.41) is 0.651. The van der Waals surface area contributed by atoms with Crippen molar-refractivity contribution in [2.75, 3.05) is 13.7 Å². The summed E-state index contributed by atoms with van der Waals surface area (Å²) < 4.78 is 20.8. The van der Waals surface area contributed by atoms with Crippen molar-refractivity contribution >= 4 is 28.9 Å². The Balaban J connectivity index is 1.89. The minimum Gasteiger partial charge on any atom is -0.465 e. The smallest absolute Gasteiger partial charge is 0.374 e. The summed E-state index contributed by atoms with van der Waals surface area (Å²) in [6, 6.07) is 7.05. The van der Waals surface area contributed by atoms with Crippen LogP contribution in [0.3, 0.4) is 0 Å². The van der Waals surface area contributed by atoms with Crippen molar-refractivity contribution in [1.29, 1.82) is 0 Å². The van der Waals surface area contributed by atoms with Gasteiger partial charge in [0.1, 0.15) is 17.9 Å². The summed E-state index contributed by atoms with van der Waals surface area (Å²) >= 11 is 0. The molecule has 3 aromatic rings. The molecule has 0 atom stereocenters. The number of furan rings is 1. The molecule has 0 radical (unpaired) electrons. The lowest BCUT2D eigenvalue weighted by molar-refractivity contribution is 0.0431. The second kappa shape index (κ2) is 8.22. The van der Waals surface area contributed by atoms with E-state index in [1.807, 2.05) is 0 Å². The number of carbonyl (C=O) groups is 3. The third-order valence-corrected chi connectivity index (χ3v) is 4.54. The summed E-state index contributed by atoms with van der Waals surface area (Å²) in [4.78, 5) is 39.6. The number of benzene rings is 1. The maximum absolute atomic E-state index is 12.6. The van der Waals surface area contributed by atoms with E-state index < -0.39 is 17.9 Å². The van der Waals surface area contributed by atoms with E-state index >= 15 is 0 Å². The fourth-order valence-electron chi connectivity index (χ4n) is 3.18. The first kappa shape index (κ1) is 20.2. The zero-order chi connectivity index (χ0) is 21.1.